The highest BCUT2D eigenvalue weighted by Gasteiger charge is 2.33. The van der Waals surface area contributed by atoms with Gasteiger partial charge in [-0.15, -0.1) is 0 Å². The van der Waals surface area contributed by atoms with Gasteiger partial charge in [-0.05, 0) is 24.3 Å². The number of anilines is 1. The van der Waals surface area contributed by atoms with Gasteiger partial charge in [0.2, 0.25) is 0 Å². The Labute approximate surface area is 159 Å². The number of amides is 3. The first-order valence-corrected chi connectivity index (χ1v) is 8.98. The number of ether oxygens (including phenoxy) is 1. The van der Waals surface area contributed by atoms with Crippen LogP contribution >= 0.6 is 0 Å². The number of pyridine rings is 2. The minimum atomic E-state index is -0.834. The van der Waals surface area contributed by atoms with Crippen LogP contribution in [0.1, 0.15) is 11.8 Å². The van der Waals surface area contributed by atoms with Gasteiger partial charge in [-0.2, -0.15) is 0 Å². The van der Waals surface area contributed by atoms with Crippen molar-refractivity contribution in [3.05, 3.63) is 42.3 Å². The summed E-state index contributed by atoms with van der Waals surface area (Å²) in [6, 6.07) is 7.91. The Hall–Kier alpha value is -3.46. The predicted molar refractivity (Wildman–Crippen MR) is 99.7 cm³/mol. The molecule has 0 radical (unpaired) electrons. The second kappa shape index (κ2) is 6.61. The van der Waals surface area contributed by atoms with Crippen LogP contribution in [0.25, 0.3) is 22.4 Å². The van der Waals surface area contributed by atoms with E-state index in [0.717, 1.165) is 30.2 Å². The van der Waals surface area contributed by atoms with Crippen molar-refractivity contribution in [3.63, 3.8) is 0 Å². The maximum absolute atomic E-state index is 11.8. The van der Waals surface area contributed by atoms with Gasteiger partial charge < -0.3 is 19.4 Å². The molecule has 3 amide bonds. The van der Waals surface area contributed by atoms with Crippen LogP contribution in [0.2, 0.25) is 0 Å². The number of nitrogens with one attached hydrogen (secondary N) is 2. The van der Waals surface area contributed by atoms with Crippen LogP contribution in [0.4, 0.5) is 10.6 Å². The molecular weight excluding hydrogens is 362 g/mol. The molecule has 2 aliphatic rings. The lowest BCUT2D eigenvalue weighted by atomic mass is 10.1. The van der Waals surface area contributed by atoms with Crippen molar-refractivity contribution < 1.29 is 18.7 Å². The first kappa shape index (κ1) is 16.7. The highest BCUT2D eigenvalue weighted by atomic mass is 16.5. The van der Waals surface area contributed by atoms with E-state index < -0.39 is 18.0 Å². The zero-order chi connectivity index (χ0) is 19.1. The number of hydrogen-bond donors (Lipinski definition) is 2. The first-order chi connectivity index (χ1) is 13.7. The Morgan fingerprint density at radius 3 is 2.68 bits per heavy atom. The van der Waals surface area contributed by atoms with Gasteiger partial charge in [0.15, 0.2) is 11.6 Å². The van der Waals surface area contributed by atoms with Crippen molar-refractivity contribution in [3.8, 4) is 11.3 Å². The third-order valence-electron chi connectivity index (χ3n) is 4.83. The summed E-state index contributed by atoms with van der Waals surface area (Å²) in [6.07, 6.45) is 1.80. The highest BCUT2D eigenvalue weighted by Crippen LogP contribution is 2.27. The minimum Gasteiger partial charge on any atom is -0.457 e. The lowest BCUT2D eigenvalue weighted by Gasteiger charge is -2.27. The molecular formula is C19H17N5O4. The molecule has 2 N–H and O–H groups in total. The average molecular weight is 379 g/mol. The summed E-state index contributed by atoms with van der Waals surface area (Å²) in [6.45, 7) is 3.09. The monoisotopic (exact) mass is 379 g/mol. The fraction of sp³-hybridized carbons (Fsp3) is 0.263. The number of rotatable bonds is 3. The zero-order valence-electron chi connectivity index (χ0n) is 14.8. The molecule has 0 bridgehead atoms. The van der Waals surface area contributed by atoms with E-state index in [-0.39, 0.29) is 0 Å². The van der Waals surface area contributed by atoms with Gasteiger partial charge >= 0.3 is 6.03 Å². The van der Waals surface area contributed by atoms with E-state index in [1.807, 2.05) is 18.2 Å². The Morgan fingerprint density at radius 1 is 1.11 bits per heavy atom. The van der Waals surface area contributed by atoms with Gasteiger partial charge in [0, 0.05) is 30.9 Å². The lowest BCUT2D eigenvalue weighted by molar-refractivity contribution is -0.120. The summed E-state index contributed by atoms with van der Waals surface area (Å²) in [5.41, 5.74) is 2.79. The molecule has 9 nitrogen and oxygen atoms in total. The van der Waals surface area contributed by atoms with Crippen LogP contribution in [-0.2, 0) is 9.53 Å². The van der Waals surface area contributed by atoms with Gasteiger partial charge in [-0.1, -0.05) is 0 Å². The van der Waals surface area contributed by atoms with Crippen molar-refractivity contribution in [2.24, 2.45) is 0 Å². The number of morpholine rings is 1. The van der Waals surface area contributed by atoms with Gasteiger partial charge in [-0.3, -0.25) is 10.1 Å². The molecule has 2 saturated heterocycles. The van der Waals surface area contributed by atoms with E-state index in [0.29, 0.717) is 30.1 Å². The third-order valence-corrected chi connectivity index (χ3v) is 4.83. The van der Waals surface area contributed by atoms with E-state index in [9.17, 15) is 9.59 Å². The lowest BCUT2D eigenvalue weighted by Crippen LogP contribution is -2.36. The third kappa shape index (κ3) is 2.95. The van der Waals surface area contributed by atoms with E-state index in [2.05, 4.69) is 25.5 Å². The number of carbonyl (C=O) groups is 2. The number of nitrogens with zero attached hydrogens (tertiary/aromatic N) is 3. The molecule has 9 heteroatoms. The summed E-state index contributed by atoms with van der Waals surface area (Å²) in [7, 11) is 0. The first-order valence-electron chi connectivity index (χ1n) is 8.98. The molecule has 142 valence electrons. The highest BCUT2D eigenvalue weighted by molar-refractivity contribution is 6.04. The molecule has 28 heavy (non-hydrogen) atoms. The molecule has 3 aromatic heterocycles. The smallest absolute Gasteiger partial charge is 0.322 e. The number of aromatic nitrogens is 2. The average Bonchev–Trinajstić information content (AvgIpc) is 3.30. The predicted octanol–water partition coefficient (Wildman–Crippen LogP) is 1.61. The van der Waals surface area contributed by atoms with Gasteiger partial charge in [0.05, 0.1) is 18.9 Å². The van der Waals surface area contributed by atoms with Gasteiger partial charge in [0.1, 0.15) is 17.1 Å². The van der Waals surface area contributed by atoms with E-state index in [1.165, 1.54) is 0 Å². The molecule has 2 aliphatic heterocycles. The molecule has 0 aliphatic carbocycles. The Morgan fingerprint density at radius 2 is 1.96 bits per heavy atom. The molecule has 3 aromatic rings. The maximum Gasteiger partial charge on any atom is 0.322 e. The Kier molecular flexibility index (Phi) is 3.94. The Balaban J connectivity index is 1.41. The van der Waals surface area contributed by atoms with Crippen molar-refractivity contribution in [1.29, 1.82) is 0 Å². The van der Waals surface area contributed by atoms with Gasteiger partial charge in [-0.25, -0.2) is 14.8 Å². The van der Waals surface area contributed by atoms with E-state index in [4.69, 9.17) is 9.15 Å². The van der Waals surface area contributed by atoms with E-state index >= 15 is 0 Å². The standard InChI is InChI=1S/C19H17N5O4/c25-18-17(22-19(26)23-18)15-9-13-14(28-15)3-2-12(21-13)11-1-4-16(20-10-11)24-5-7-27-8-6-24/h1-4,9-10,17H,5-8H2,(H2,22,23,25,26). The maximum atomic E-state index is 11.8. The molecule has 0 aromatic carbocycles. The molecule has 0 spiro atoms. The number of fused-ring (bicyclic) bond motifs is 1. The number of imide groups is 1. The molecule has 0 saturated carbocycles. The van der Waals surface area contributed by atoms with Crippen LogP contribution in [0.3, 0.4) is 0 Å². The van der Waals surface area contributed by atoms with Crippen LogP contribution < -0.4 is 15.5 Å². The summed E-state index contributed by atoms with van der Waals surface area (Å²) in [5.74, 6) is 0.831. The quantitative estimate of drug-likeness (QED) is 0.665. The summed E-state index contributed by atoms with van der Waals surface area (Å²) >= 11 is 0. The number of furan rings is 1. The molecule has 1 unspecified atom stereocenters. The number of urea groups is 1. The van der Waals surface area contributed by atoms with Crippen molar-refractivity contribution >= 4 is 28.9 Å². The fourth-order valence-electron chi connectivity index (χ4n) is 3.38. The van der Waals surface area contributed by atoms with Crippen LogP contribution in [-0.4, -0.2) is 48.2 Å². The topological polar surface area (TPSA) is 110 Å². The summed E-state index contributed by atoms with van der Waals surface area (Å²) < 4.78 is 11.1. The van der Waals surface area contributed by atoms with Crippen molar-refractivity contribution in [2.45, 2.75) is 6.04 Å². The van der Waals surface area contributed by atoms with Crippen LogP contribution in [0, 0.1) is 0 Å². The number of carbonyl (C=O) groups excluding carboxylic acids is 2. The molecule has 5 rings (SSSR count). The largest absolute Gasteiger partial charge is 0.457 e. The molecule has 1 atom stereocenters. The minimum absolute atomic E-state index is 0.351. The second-order valence-corrected chi connectivity index (χ2v) is 6.63. The van der Waals surface area contributed by atoms with Gasteiger partial charge in [0.25, 0.3) is 5.91 Å². The van der Waals surface area contributed by atoms with E-state index in [1.54, 1.807) is 18.3 Å². The van der Waals surface area contributed by atoms with Crippen molar-refractivity contribution in [2.75, 3.05) is 31.2 Å². The molecule has 2 fully saturated rings. The SMILES string of the molecule is O=C1NC(=O)C(c2cc3nc(-c4ccc(N5CCOCC5)nc4)ccc3o2)N1. The fourth-order valence-corrected chi connectivity index (χ4v) is 3.38. The normalized spacial score (nSPS) is 19.7. The van der Waals surface area contributed by atoms with Crippen molar-refractivity contribution in [1.82, 2.24) is 20.6 Å². The van der Waals surface area contributed by atoms with Crippen LogP contribution in [0.15, 0.2) is 40.9 Å². The summed E-state index contributed by atoms with van der Waals surface area (Å²) in [4.78, 5) is 34.5. The number of hydrogen-bond acceptors (Lipinski definition) is 7. The Bertz CT molecular complexity index is 1060. The zero-order valence-corrected chi connectivity index (χ0v) is 14.8. The van der Waals surface area contributed by atoms with Crippen LogP contribution in [0.5, 0.6) is 0 Å². The molecule has 5 heterocycles. The second-order valence-electron chi connectivity index (χ2n) is 6.63. The summed E-state index contributed by atoms with van der Waals surface area (Å²) in [5, 5.41) is 4.71.